The number of ether oxygens (including phenoxy) is 1. The van der Waals surface area contributed by atoms with E-state index in [2.05, 4.69) is 29.0 Å². The predicted octanol–water partition coefficient (Wildman–Crippen LogP) is 2.32. The first-order valence-corrected chi connectivity index (χ1v) is 7.55. The zero-order chi connectivity index (χ0) is 15.4. The molecule has 0 amide bonds. The van der Waals surface area contributed by atoms with Gasteiger partial charge in [0.05, 0.1) is 18.4 Å². The number of nitrogens with zero attached hydrogens (tertiary/aromatic N) is 2. The smallest absolute Gasteiger partial charge is 0.339 e. The normalized spacial score (nSPS) is 19.0. The molecule has 2 rings (SSSR count). The summed E-state index contributed by atoms with van der Waals surface area (Å²) in [5.41, 5.74) is 1.22. The molecule has 0 aliphatic carbocycles. The van der Waals surface area contributed by atoms with Crippen LogP contribution in [0.3, 0.4) is 0 Å². The molecule has 1 aliphatic rings. The first-order chi connectivity index (χ1) is 10.0. The SMILES string of the molecule is COC(=O)c1ccc(NCC2CCN(C(C)C)C2)nc1C. The standard InChI is InChI=1S/C16H25N3O2/c1-11(2)19-8-7-13(10-19)9-17-15-6-5-14(12(3)18-15)16(20)21-4/h5-6,11,13H,7-10H2,1-4H3,(H,17,18). The second-order valence-corrected chi connectivity index (χ2v) is 5.95. The van der Waals surface area contributed by atoms with Gasteiger partial charge in [0.15, 0.2) is 0 Å². The summed E-state index contributed by atoms with van der Waals surface area (Å²) in [5, 5.41) is 3.38. The van der Waals surface area contributed by atoms with Crippen molar-refractivity contribution in [1.29, 1.82) is 0 Å². The highest BCUT2D eigenvalue weighted by Crippen LogP contribution is 2.19. The Morgan fingerprint density at radius 2 is 2.29 bits per heavy atom. The fraction of sp³-hybridized carbons (Fsp3) is 0.625. The van der Waals surface area contributed by atoms with Crippen LogP contribution in [0.4, 0.5) is 5.82 Å². The monoisotopic (exact) mass is 291 g/mol. The maximum atomic E-state index is 11.5. The third-order valence-electron chi connectivity index (χ3n) is 4.11. The van der Waals surface area contributed by atoms with E-state index in [0.717, 1.165) is 18.9 Å². The number of carbonyl (C=O) groups is 1. The van der Waals surface area contributed by atoms with Crippen molar-refractivity contribution in [2.75, 3.05) is 32.1 Å². The van der Waals surface area contributed by atoms with Gasteiger partial charge in [0.1, 0.15) is 5.82 Å². The number of anilines is 1. The lowest BCUT2D eigenvalue weighted by atomic mass is 10.1. The molecule has 2 heterocycles. The second-order valence-electron chi connectivity index (χ2n) is 5.95. The Balaban J connectivity index is 1.90. The lowest BCUT2D eigenvalue weighted by molar-refractivity contribution is 0.0599. The second kappa shape index (κ2) is 6.89. The van der Waals surface area contributed by atoms with Crippen LogP contribution < -0.4 is 5.32 Å². The van der Waals surface area contributed by atoms with E-state index in [1.165, 1.54) is 20.1 Å². The highest BCUT2D eigenvalue weighted by Gasteiger charge is 2.23. The first kappa shape index (κ1) is 15.8. The van der Waals surface area contributed by atoms with E-state index >= 15 is 0 Å². The molecule has 1 aromatic rings. The van der Waals surface area contributed by atoms with E-state index in [9.17, 15) is 4.79 Å². The molecule has 0 bridgehead atoms. The molecule has 0 radical (unpaired) electrons. The highest BCUT2D eigenvalue weighted by molar-refractivity contribution is 5.90. The number of aryl methyl sites for hydroxylation is 1. The molecule has 1 aromatic heterocycles. The topological polar surface area (TPSA) is 54.5 Å². The largest absolute Gasteiger partial charge is 0.465 e. The van der Waals surface area contributed by atoms with E-state index in [-0.39, 0.29) is 5.97 Å². The summed E-state index contributed by atoms with van der Waals surface area (Å²) in [6.07, 6.45) is 1.23. The van der Waals surface area contributed by atoms with Crippen molar-refractivity contribution in [3.8, 4) is 0 Å². The van der Waals surface area contributed by atoms with Crippen LogP contribution in [0.15, 0.2) is 12.1 Å². The molecule has 1 saturated heterocycles. The van der Waals surface area contributed by atoms with Crippen molar-refractivity contribution in [3.63, 3.8) is 0 Å². The quantitative estimate of drug-likeness (QED) is 0.844. The van der Waals surface area contributed by atoms with Crippen molar-refractivity contribution in [2.24, 2.45) is 5.92 Å². The number of likely N-dealkylation sites (tertiary alicyclic amines) is 1. The maximum absolute atomic E-state index is 11.5. The van der Waals surface area contributed by atoms with Gasteiger partial charge in [-0.2, -0.15) is 0 Å². The van der Waals surface area contributed by atoms with Gasteiger partial charge in [-0.25, -0.2) is 9.78 Å². The number of nitrogens with one attached hydrogen (secondary N) is 1. The summed E-state index contributed by atoms with van der Waals surface area (Å²) in [5.74, 6) is 1.15. The molecule has 1 N–H and O–H groups in total. The van der Waals surface area contributed by atoms with E-state index in [4.69, 9.17) is 4.74 Å². The van der Waals surface area contributed by atoms with Gasteiger partial charge >= 0.3 is 5.97 Å². The summed E-state index contributed by atoms with van der Waals surface area (Å²) in [7, 11) is 1.38. The molecule has 1 fully saturated rings. The van der Waals surface area contributed by atoms with Gasteiger partial charge in [0.2, 0.25) is 0 Å². The molecular formula is C16H25N3O2. The van der Waals surface area contributed by atoms with Crippen LogP contribution in [0.25, 0.3) is 0 Å². The first-order valence-electron chi connectivity index (χ1n) is 7.55. The van der Waals surface area contributed by atoms with Gasteiger partial charge in [-0.05, 0) is 51.8 Å². The fourth-order valence-electron chi connectivity index (χ4n) is 2.73. The van der Waals surface area contributed by atoms with Crippen molar-refractivity contribution >= 4 is 11.8 Å². The maximum Gasteiger partial charge on any atom is 0.339 e. The van der Waals surface area contributed by atoms with Crippen LogP contribution in [0.1, 0.15) is 36.3 Å². The lowest BCUT2D eigenvalue weighted by Crippen LogP contribution is -2.29. The molecule has 0 aromatic carbocycles. The Bertz CT molecular complexity index is 502. The van der Waals surface area contributed by atoms with Crippen LogP contribution in [0.2, 0.25) is 0 Å². The van der Waals surface area contributed by atoms with E-state index in [1.807, 2.05) is 13.0 Å². The molecule has 116 valence electrons. The van der Waals surface area contributed by atoms with E-state index in [0.29, 0.717) is 23.2 Å². The summed E-state index contributed by atoms with van der Waals surface area (Å²) in [4.78, 5) is 18.5. The number of hydrogen-bond donors (Lipinski definition) is 1. The molecular weight excluding hydrogens is 266 g/mol. The van der Waals surface area contributed by atoms with Gasteiger partial charge in [-0.3, -0.25) is 0 Å². The van der Waals surface area contributed by atoms with Gasteiger partial charge in [0, 0.05) is 19.1 Å². The zero-order valence-electron chi connectivity index (χ0n) is 13.3. The Labute approximate surface area is 126 Å². The fourth-order valence-corrected chi connectivity index (χ4v) is 2.73. The minimum atomic E-state index is -0.338. The van der Waals surface area contributed by atoms with Crippen LogP contribution in [-0.4, -0.2) is 48.6 Å². The van der Waals surface area contributed by atoms with Crippen molar-refractivity contribution in [1.82, 2.24) is 9.88 Å². The Hall–Kier alpha value is -1.62. The Kier molecular flexibility index (Phi) is 5.17. The van der Waals surface area contributed by atoms with Gasteiger partial charge in [-0.15, -0.1) is 0 Å². The van der Waals surface area contributed by atoms with Crippen LogP contribution in [0.5, 0.6) is 0 Å². The van der Waals surface area contributed by atoms with E-state index < -0.39 is 0 Å². The highest BCUT2D eigenvalue weighted by atomic mass is 16.5. The zero-order valence-corrected chi connectivity index (χ0v) is 13.3. The number of pyridine rings is 1. The van der Waals surface area contributed by atoms with Gasteiger partial charge < -0.3 is 15.0 Å². The minimum absolute atomic E-state index is 0.338. The lowest BCUT2D eigenvalue weighted by Gasteiger charge is -2.20. The van der Waals surface area contributed by atoms with Gasteiger partial charge in [0.25, 0.3) is 0 Å². The Morgan fingerprint density at radius 1 is 1.52 bits per heavy atom. The molecule has 1 unspecified atom stereocenters. The van der Waals surface area contributed by atoms with Crippen molar-refractivity contribution < 1.29 is 9.53 Å². The average Bonchev–Trinajstić information content (AvgIpc) is 2.93. The van der Waals surface area contributed by atoms with Crippen LogP contribution in [0, 0.1) is 12.8 Å². The summed E-state index contributed by atoms with van der Waals surface area (Å²) in [6, 6.07) is 4.23. The van der Waals surface area contributed by atoms with Crippen LogP contribution >= 0.6 is 0 Å². The molecule has 1 atom stereocenters. The number of hydrogen-bond acceptors (Lipinski definition) is 5. The molecule has 0 saturated carbocycles. The molecule has 5 nitrogen and oxygen atoms in total. The number of esters is 1. The number of rotatable bonds is 5. The molecule has 5 heteroatoms. The average molecular weight is 291 g/mol. The summed E-state index contributed by atoms with van der Waals surface area (Å²) < 4.78 is 4.73. The Morgan fingerprint density at radius 3 is 2.86 bits per heavy atom. The molecule has 1 aliphatic heterocycles. The van der Waals surface area contributed by atoms with Gasteiger partial charge in [-0.1, -0.05) is 0 Å². The summed E-state index contributed by atoms with van der Waals surface area (Å²) in [6.45, 7) is 9.56. The minimum Gasteiger partial charge on any atom is -0.465 e. The number of methoxy groups -OCH3 is 1. The molecule has 0 spiro atoms. The van der Waals surface area contributed by atoms with Crippen molar-refractivity contribution in [3.05, 3.63) is 23.4 Å². The third-order valence-corrected chi connectivity index (χ3v) is 4.11. The van der Waals surface area contributed by atoms with E-state index in [1.54, 1.807) is 6.07 Å². The number of aromatic nitrogens is 1. The predicted molar refractivity (Wildman–Crippen MR) is 83.6 cm³/mol. The number of carbonyl (C=O) groups excluding carboxylic acids is 1. The third kappa shape index (κ3) is 3.94. The van der Waals surface area contributed by atoms with Crippen LogP contribution in [-0.2, 0) is 4.74 Å². The summed E-state index contributed by atoms with van der Waals surface area (Å²) >= 11 is 0. The van der Waals surface area contributed by atoms with Crippen molar-refractivity contribution in [2.45, 2.75) is 33.2 Å². The molecule has 21 heavy (non-hydrogen) atoms.